The summed E-state index contributed by atoms with van der Waals surface area (Å²) in [6, 6.07) is 2.05. The van der Waals surface area contributed by atoms with Crippen molar-refractivity contribution >= 4 is 11.3 Å². The lowest BCUT2D eigenvalue weighted by Gasteiger charge is -2.14. The highest BCUT2D eigenvalue weighted by atomic mass is 32.1. The molecule has 1 aromatic heterocycles. The zero-order valence-corrected chi connectivity index (χ0v) is 11.2. The molecule has 0 aliphatic heterocycles. The third kappa shape index (κ3) is 2.00. The first-order valence-electron chi connectivity index (χ1n) is 5.37. The van der Waals surface area contributed by atoms with Crippen LogP contribution in [0.15, 0.2) is 16.2 Å². The number of ether oxygens (including phenoxy) is 1. The molecule has 1 aromatic carbocycles. The quantitative estimate of drug-likeness (QED) is 0.889. The number of thiazole rings is 1. The van der Waals surface area contributed by atoms with Gasteiger partial charge < -0.3 is 9.72 Å². The van der Waals surface area contributed by atoms with E-state index in [1.54, 1.807) is 7.11 Å². The molecule has 0 fully saturated rings. The van der Waals surface area contributed by atoms with Crippen LogP contribution in [0.3, 0.4) is 0 Å². The predicted octanol–water partition coefficient (Wildman–Crippen LogP) is 3.04. The van der Waals surface area contributed by atoms with Crippen LogP contribution in [0.1, 0.15) is 16.7 Å². The molecule has 0 aliphatic carbocycles. The van der Waals surface area contributed by atoms with Crippen LogP contribution in [0.2, 0.25) is 0 Å². The predicted molar refractivity (Wildman–Crippen MR) is 71.1 cm³/mol. The summed E-state index contributed by atoms with van der Waals surface area (Å²) in [5.41, 5.74) is 5.29. The Bertz CT molecular complexity index is 610. The van der Waals surface area contributed by atoms with Crippen molar-refractivity contribution in [1.82, 2.24) is 4.98 Å². The van der Waals surface area contributed by atoms with Crippen molar-refractivity contribution in [2.75, 3.05) is 7.11 Å². The highest BCUT2D eigenvalue weighted by Crippen LogP contribution is 2.33. The van der Waals surface area contributed by atoms with Gasteiger partial charge in [-0.15, -0.1) is 0 Å². The van der Waals surface area contributed by atoms with Gasteiger partial charge >= 0.3 is 4.87 Å². The Kier molecular flexibility index (Phi) is 3.07. The average molecular weight is 249 g/mol. The Labute approximate surface area is 104 Å². The van der Waals surface area contributed by atoms with Crippen molar-refractivity contribution < 1.29 is 4.74 Å². The van der Waals surface area contributed by atoms with Crippen LogP contribution in [0.25, 0.3) is 11.3 Å². The number of rotatable bonds is 2. The average Bonchev–Trinajstić information content (AvgIpc) is 2.71. The molecule has 90 valence electrons. The first-order valence-corrected chi connectivity index (χ1v) is 6.25. The summed E-state index contributed by atoms with van der Waals surface area (Å²) in [6.45, 7) is 6.09. The second-order valence-electron chi connectivity index (χ2n) is 4.09. The number of aromatic amines is 1. The molecule has 2 rings (SSSR count). The monoisotopic (exact) mass is 249 g/mol. The molecule has 0 aliphatic rings. The molecule has 17 heavy (non-hydrogen) atoms. The van der Waals surface area contributed by atoms with E-state index in [0.717, 1.165) is 33.7 Å². The number of aryl methyl sites for hydroxylation is 1. The number of aromatic nitrogens is 1. The van der Waals surface area contributed by atoms with Gasteiger partial charge in [0, 0.05) is 10.9 Å². The van der Waals surface area contributed by atoms with Crippen LogP contribution in [0, 0.1) is 20.8 Å². The lowest BCUT2D eigenvalue weighted by molar-refractivity contribution is 0.408. The van der Waals surface area contributed by atoms with Crippen molar-refractivity contribution in [1.29, 1.82) is 0 Å². The molecule has 1 N–H and O–H groups in total. The fraction of sp³-hybridized carbons (Fsp3) is 0.308. The Morgan fingerprint density at radius 2 is 1.94 bits per heavy atom. The molecule has 0 unspecified atom stereocenters. The van der Waals surface area contributed by atoms with E-state index in [0.29, 0.717) is 0 Å². The minimum absolute atomic E-state index is 0.0227. The number of hydrogen-bond acceptors (Lipinski definition) is 3. The number of methoxy groups -OCH3 is 1. The SMILES string of the molecule is COc1c(C)cc(-c2csc(=O)[nH]2)c(C)c1C. The molecular weight excluding hydrogens is 234 g/mol. The molecule has 0 amide bonds. The zero-order chi connectivity index (χ0) is 12.6. The van der Waals surface area contributed by atoms with E-state index < -0.39 is 0 Å². The highest BCUT2D eigenvalue weighted by molar-refractivity contribution is 7.07. The van der Waals surface area contributed by atoms with Gasteiger partial charge in [-0.1, -0.05) is 11.3 Å². The van der Waals surface area contributed by atoms with Gasteiger partial charge in [-0.25, -0.2) is 0 Å². The molecule has 1 heterocycles. The third-order valence-corrected chi connectivity index (χ3v) is 3.71. The van der Waals surface area contributed by atoms with Crippen molar-refractivity contribution in [2.24, 2.45) is 0 Å². The van der Waals surface area contributed by atoms with Gasteiger partial charge in [0.1, 0.15) is 5.75 Å². The van der Waals surface area contributed by atoms with E-state index in [-0.39, 0.29) is 4.87 Å². The number of hydrogen-bond donors (Lipinski definition) is 1. The number of nitrogens with one attached hydrogen (secondary N) is 1. The topological polar surface area (TPSA) is 42.1 Å². The normalized spacial score (nSPS) is 10.6. The van der Waals surface area contributed by atoms with Gasteiger partial charge in [0.25, 0.3) is 0 Å². The van der Waals surface area contributed by atoms with Crippen molar-refractivity contribution in [3.05, 3.63) is 37.8 Å². The van der Waals surface area contributed by atoms with Gasteiger partial charge in [-0.3, -0.25) is 4.79 Å². The standard InChI is InChI=1S/C13H15NO2S/c1-7-5-10(11-6-17-13(15)14-11)8(2)9(3)12(7)16-4/h5-6H,1-4H3,(H,14,15). The third-order valence-electron chi connectivity index (χ3n) is 3.04. The molecule has 0 radical (unpaired) electrons. The van der Waals surface area contributed by atoms with Crippen LogP contribution in [0.5, 0.6) is 5.75 Å². The van der Waals surface area contributed by atoms with E-state index in [2.05, 4.69) is 11.1 Å². The van der Waals surface area contributed by atoms with Crippen LogP contribution in [0.4, 0.5) is 0 Å². The second kappa shape index (κ2) is 4.37. The Morgan fingerprint density at radius 3 is 2.47 bits per heavy atom. The summed E-state index contributed by atoms with van der Waals surface area (Å²) in [4.78, 5) is 14.0. The number of H-pyrrole nitrogens is 1. The van der Waals surface area contributed by atoms with Gasteiger partial charge in [-0.05, 0) is 43.5 Å². The Morgan fingerprint density at radius 1 is 1.24 bits per heavy atom. The van der Waals surface area contributed by atoms with Crippen LogP contribution >= 0.6 is 11.3 Å². The van der Waals surface area contributed by atoms with E-state index in [1.165, 1.54) is 11.3 Å². The van der Waals surface area contributed by atoms with Crippen LogP contribution in [-0.2, 0) is 0 Å². The zero-order valence-electron chi connectivity index (χ0n) is 10.4. The maximum absolute atomic E-state index is 11.2. The molecule has 0 saturated heterocycles. The molecule has 4 heteroatoms. The number of benzene rings is 1. The fourth-order valence-corrected chi connectivity index (χ4v) is 2.64. The second-order valence-corrected chi connectivity index (χ2v) is 4.93. The van der Waals surface area contributed by atoms with Gasteiger partial charge in [0.15, 0.2) is 0 Å². The minimum Gasteiger partial charge on any atom is -0.496 e. The molecule has 0 bridgehead atoms. The van der Waals surface area contributed by atoms with Gasteiger partial charge in [0.2, 0.25) is 0 Å². The lowest BCUT2D eigenvalue weighted by atomic mass is 9.97. The molecule has 3 nitrogen and oxygen atoms in total. The van der Waals surface area contributed by atoms with Gasteiger partial charge in [0.05, 0.1) is 12.8 Å². The summed E-state index contributed by atoms with van der Waals surface area (Å²) in [5, 5.41) is 1.86. The summed E-state index contributed by atoms with van der Waals surface area (Å²) in [5.74, 6) is 0.920. The summed E-state index contributed by atoms with van der Waals surface area (Å²) in [7, 11) is 1.68. The maximum atomic E-state index is 11.2. The Balaban J connectivity index is 2.68. The molecule has 0 spiro atoms. The maximum Gasteiger partial charge on any atom is 0.304 e. The van der Waals surface area contributed by atoms with Crippen molar-refractivity contribution in [3.8, 4) is 17.0 Å². The minimum atomic E-state index is -0.0227. The smallest absolute Gasteiger partial charge is 0.304 e. The fourth-order valence-electron chi connectivity index (χ4n) is 2.06. The first kappa shape index (κ1) is 11.9. The first-order chi connectivity index (χ1) is 8.04. The lowest BCUT2D eigenvalue weighted by Crippen LogP contribution is -1.98. The molecular formula is C13H15NO2S. The van der Waals surface area contributed by atoms with Crippen LogP contribution in [-0.4, -0.2) is 12.1 Å². The Hall–Kier alpha value is -1.55. The largest absolute Gasteiger partial charge is 0.496 e. The molecule has 0 saturated carbocycles. The van der Waals surface area contributed by atoms with Gasteiger partial charge in [-0.2, -0.15) is 0 Å². The van der Waals surface area contributed by atoms with Crippen molar-refractivity contribution in [2.45, 2.75) is 20.8 Å². The summed E-state index contributed by atoms with van der Waals surface area (Å²) in [6.07, 6.45) is 0. The highest BCUT2D eigenvalue weighted by Gasteiger charge is 2.12. The van der Waals surface area contributed by atoms with E-state index in [1.807, 2.05) is 26.2 Å². The summed E-state index contributed by atoms with van der Waals surface area (Å²) >= 11 is 1.19. The van der Waals surface area contributed by atoms with Crippen LogP contribution < -0.4 is 9.61 Å². The van der Waals surface area contributed by atoms with E-state index >= 15 is 0 Å². The van der Waals surface area contributed by atoms with E-state index in [9.17, 15) is 4.79 Å². The molecule has 0 atom stereocenters. The molecule has 2 aromatic rings. The van der Waals surface area contributed by atoms with E-state index in [4.69, 9.17) is 4.74 Å². The summed E-state index contributed by atoms with van der Waals surface area (Å²) < 4.78 is 5.38. The van der Waals surface area contributed by atoms with Crippen molar-refractivity contribution in [3.63, 3.8) is 0 Å².